The lowest BCUT2D eigenvalue weighted by Crippen LogP contribution is -1.80. The Hall–Kier alpha value is -1.67. The van der Waals surface area contributed by atoms with Gasteiger partial charge in [0.05, 0.1) is 10.6 Å². The Morgan fingerprint density at radius 3 is 2.60 bits per heavy atom. The van der Waals surface area contributed by atoms with Crippen molar-refractivity contribution in [1.29, 1.82) is 0 Å². The molecule has 1 nitrogen and oxygen atoms in total. The molecule has 0 N–H and O–H groups in total. The maximum absolute atomic E-state index is 4.46. The molecule has 0 bridgehead atoms. The first-order valence-electron chi connectivity index (χ1n) is 4.82. The molecule has 0 radical (unpaired) electrons. The number of pyridine rings is 1. The average Bonchev–Trinajstić information content (AvgIpc) is 2.82. The highest BCUT2D eigenvalue weighted by Gasteiger charge is 2.00. The molecule has 1 aromatic carbocycles. The van der Waals surface area contributed by atoms with Crippen molar-refractivity contribution < 1.29 is 0 Å². The zero-order chi connectivity index (χ0) is 10.1. The number of benzene rings is 1. The van der Waals surface area contributed by atoms with Gasteiger partial charge in [-0.05, 0) is 22.9 Å². The highest BCUT2D eigenvalue weighted by Crippen LogP contribution is 2.25. The van der Waals surface area contributed by atoms with Crippen molar-refractivity contribution in [2.45, 2.75) is 0 Å². The van der Waals surface area contributed by atoms with Crippen LogP contribution >= 0.6 is 11.3 Å². The molecule has 0 unspecified atom stereocenters. The molecule has 3 rings (SSSR count). The fourth-order valence-corrected chi connectivity index (χ4v) is 2.34. The zero-order valence-electron chi connectivity index (χ0n) is 8.05. The van der Waals surface area contributed by atoms with Gasteiger partial charge in [0, 0.05) is 11.6 Å². The van der Waals surface area contributed by atoms with Crippen LogP contribution < -0.4 is 0 Å². The zero-order valence-corrected chi connectivity index (χ0v) is 8.87. The molecular formula is C13H9NS. The predicted octanol–water partition coefficient (Wildman–Crippen LogP) is 3.96. The van der Waals surface area contributed by atoms with Gasteiger partial charge < -0.3 is 0 Å². The van der Waals surface area contributed by atoms with Gasteiger partial charge in [-0.1, -0.05) is 30.3 Å². The van der Waals surface area contributed by atoms with Crippen LogP contribution in [0.4, 0.5) is 0 Å². The van der Waals surface area contributed by atoms with Gasteiger partial charge >= 0.3 is 0 Å². The van der Waals surface area contributed by atoms with E-state index in [-0.39, 0.29) is 0 Å². The average molecular weight is 211 g/mol. The second-order valence-corrected chi connectivity index (χ2v) is 4.34. The van der Waals surface area contributed by atoms with Crippen molar-refractivity contribution in [1.82, 2.24) is 4.98 Å². The van der Waals surface area contributed by atoms with Crippen LogP contribution in [-0.4, -0.2) is 4.98 Å². The molecule has 0 atom stereocenters. The molecule has 2 heterocycles. The number of hydrogen-bond donors (Lipinski definition) is 0. The van der Waals surface area contributed by atoms with Gasteiger partial charge in [0.25, 0.3) is 0 Å². The van der Waals surface area contributed by atoms with Crippen molar-refractivity contribution in [3.8, 4) is 10.6 Å². The predicted molar refractivity (Wildman–Crippen MR) is 65.1 cm³/mol. The number of rotatable bonds is 1. The summed E-state index contributed by atoms with van der Waals surface area (Å²) in [5.41, 5.74) is 1.06. The van der Waals surface area contributed by atoms with E-state index in [1.54, 1.807) is 11.3 Å². The largest absolute Gasteiger partial charge is 0.255 e. The van der Waals surface area contributed by atoms with E-state index in [1.165, 1.54) is 15.6 Å². The summed E-state index contributed by atoms with van der Waals surface area (Å²) in [5.74, 6) is 0. The van der Waals surface area contributed by atoms with E-state index < -0.39 is 0 Å². The van der Waals surface area contributed by atoms with E-state index in [0.717, 1.165) is 5.69 Å². The van der Waals surface area contributed by atoms with Gasteiger partial charge in [0.1, 0.15) is 0 Å². The minimum absolute atomic E-state index is 1.06. The summed E-state index contributed by atoms with van der Waals surface area (Å²) < 4.78 is 0. The van der Waals surface area contributed by atoms with E-state index in [4.69, 9.17) is 0 Å². The summed E-state index contributed by atoms with van der Waals surface area (Å²) in [6, 6.07) is 14.6. The van der Waals surface area contributed by atoms with Gasteiger partial charge in [-0.15, -0.1) is 11.3 Å². The fraction of sp³-hybridized carbons (Fsp3) is 0. The molecule has 0 amide bonds. The van der Waals surface area contributed by atoms with Crippen molar-refractivity contribution in [2.24, 2.45) is 0 Å². The number of nitrogens with zero attached hydrogens (tertiary/aromatic N) is 1. The molecular weight excluding hydrogens is 202 g/mol. The molecule has 0 aliphatic rings. The molecule has 0 aliphatic heterocycles. The minimum Gasteiger partial charge on any atom is -0.255 e. The van der Waals surface area contributed by atoms with Gasteiger partial charge in [0.15, 0.2) is 0 Å². The molecule has 0 saturated heterocycles. The Labute approximate surface area is 92.0 Å². The summed E-state index contributed by atoms with van der Waals surface area (Å²) in [4.78, 5) is 5.68. The summed E-state index contributed by atoms with van der Waals surface area (Å²) in [7, 11) is 0. The van der Waals surface area contributed by atoms with Gasteiger partial charge in [-0.25, -0.2) is 0 Å². The van der Waals surface area contributed by atoms with Gasteiger partial charge in [0.2, 0.25) is 0 Å². The second-order valence-electron chi connectivity index (χ2n) is 3.39. The van der Waals surface area contributed by atoms with E-state index in [1.807, 2.05) is 12.3 Å². The Bertz CT molecular complexity index is 584. The van der Waals surface area contributed by atoms with E-state index in [0.29, 0.717) is 0 Å². The lowest BCUT2D eigenvalue weighted by atomic mass is 10.1. The first kappa shape index (κ1) is 8.62. The fourth-order valence-electron chi connectivity index (χ4n) is 1.64. The Kier molecular flexibility index (Phi) is 2.00. The maximum Gasteiger partial charge on any atom is 0.0808 e. The van der Waals surface area contributed by atoms with Gasteiger partial charge in [-0.3, -0.25) is 4.98 Å². The first-order chi connectivity index (χ1) is 7.43. The van der Waals surface area contributed by atoms with Crippen LogP contribution in [0.15, 0.2) is 54.0 Å². The number of aromatic nitrogens is 1. The Balaban J connectivity index is 2.22. The Morgan fingerprint density at radius 2 is 1.80 bits per heavy atom. The number of thiophene rings is 1. The van der Waals surface area contributed by atoms with Crippen LogP contribution in [0.2, 0.25) is 0 Å². The molecule has 0 saturated carbocycles. The van der Waals surface area contributed by atoms with Crippen LogP contribution in [0.1, 0.15) is 0 Å². The molecule has 2 aromatic heterocycles. The molecule has 2 heteroatoms. The highest BCUT2D eigenvalue weighted by molar-refractivity contribution is 7.13. The van der Waals surface area contributed by atoms with Gasteiger partial charge in [-0.2, -0.15) is 0 Å². The minimum atomic E-state index is 1.06. The van der Waals surface area contributed by atoms with Crippen LogP contribution in [0.25, 0.3) is 21.3 Å². The summed E-state index contributed by atoms with van der Waals surface area (Å²) in [6.07, 6.45) is 1.93. The number of hydrogen-bond acceptors (Lipinski definition) is 2. The van der Waals surface area contributed by atoms with Crippen LogP contribution in [0.5, 0.6) is 0 Å². The van der Waals surface area contributed by atoms with Crippen molar-refractivity contribution in [3.05, 3.63) is 54.0 Å². The smallest absolute Gasteiger partial charge is 0.0808 e. The first-order valence-corrected chi connectivity index (χ1v) is 5.70. The lowest BCUT2D eigenvalue weighted by molar-refractivity contribution is 1.37. The maximum atomic E-state index is 4.46. The molecule has 0 aliphatic carbocycles. The Morgan fingerprint density at radius 1 is 0.933 bits per heavy atom. The van der Waals surface area contributed by atoms with Crippen LogP contribution in [0, 0.1) is 0 Å². The lowest BCUT2D eigenvalue weighted by Gasteiger charge is -1.99. The third kappa shape index (κ3) is 1.53. The second kappa shape index (κ2) is 3.48. The van der Waals surface area contributed by atoms with E-state index in [9.17, 15) is 0 Å². The standard InChI is InChI=1S/C13H9NS/c1-2-5-11-9-14-12(8-10(11)4-1)13-6-3-7-15-13/h1-9H. The third-order valence-corrected chi connectivity index (χ3v) is 3.30. The number of fused-ring (bicyclic) bond motifs is 1. The SMILES string of the molecule is c1csc(-c2cc3ccccc3cn2)c1. The third-order valence-electron chi connectivity index (χ3n) is 2.40. The summed E-state index contributed by atoms with van der Waals surface area (Å²) in [6.45, 7) is 0. The van der Waals surface area contributed by atoms with Crippen LogP contribution in [0.3, 0.4) is 0 Å². The quantitative estimate of drug-likeness (QED) is 0.593. The van der Waals surface area contributed by atoms with Crippen molar-refractivity contribution in [3.63, 3.8) is 0 Å². The summed E-state index contributed by atoms with van der Waals surface area (Å²) in [5, 5.41) is 4.51. The highest BCUT2D eigenvalue weighted by atomic mass is 32.1. The topological polar surface area (TPSA) is 12.9 Å². The normalized spacial score (nSPS) is 10.7. The van der Waals surface area contributed by atoms with Crippen LogP contribution in [-0.2, 0) is 0 Å². The molecule has 0 spiro atoms. The van der Waals surface area contributed by atoms with E-state index in [2.05, 4.69) is 46.8 Å². The molecule has 3 aromatic rings. The van der Waals surface area contributed by atoms with Crippen molar-refractivity contribution in [2.75, 3.05) is 0 Å². The molecule has 15 heavy (non-hydrogen) atoms. The summed E-state index contributed by atoms with van der Waals surface area (Å²) >= 11 is 1.72. The van der Waals surface area contributed by atoms with Crippen molar-refractivity contribution >= 4 is 22.1 Å². The monoisotopic (exact) mass is 211 g/mol. The molecule has 72 valence electrons. The molecule has 0 fully saturated rings. The van der Waals surface area contributed by atoms with E-state index >= 15 is 0 Å².